The topological polar surface area (TPSA) is 86.8 Å². The largest absolute Gasteiger partial charge is 0.339 e. The van der Waals surface area contributed by atoms with E-state index < -0.39 is 10.0 Å². The van der Waals surface area contributed by atoms with Crippen LogP contribution in [-0.2, 0) is 14.8 Å². The first-order valence-corrected chi connectivity index (χ1v) is 13.1. The Morgan fingerprint density at radius 1 is 0.879 bits per heavy atom. The molecule has 4 rings (SSSR count). The molecule has 1 heterocycles. The number of benzene rings is 2. The molecule has 7 nitrogen and oxygen atoms in total. The average Bonchev–Trinajstić information content (AvgIpc) is 3.33. The number of nitrogens with zero attached hydrogens (tertiary/aromatic N) is 2. The Labute approximate surface area is 195 Å². The number of nitrogens with one attached hydrogen (secondary N) is 1. The second kappa shape index (κ2) is 9.95. The van der Waals surface area contributed by atoms with Crippen molar-refractivity contribution in [2.75, 3.05) is 30.9 Å². The third-order valence-electron chi connectivity index (χ3n) is 6.57. The quantitative estimate of drug-likeness (QED) is 0.700. The number of carbonyl (C=O) groups excluding carboxylic acids is 2. The molecule has 1 aliphatic heterocycles. The molecule has 1 aliphatic carbocycles. The van der Waals surface area contributed by atoms with Crippen LogP contribution in [0.1, 0.15) is 48.0 Å². The highest BCUT2D eigenvalue weighted by Gasteiger charge is 2.27. The van der Waals surface area contributed by atoms with E-state index in [4.69, 9.17) is 0 Å². The van der Waals surface area contributed by atoms with E-state index in [2.05, 4.69) is 4.72 Å². The number of sulfonamides is 1. The van der Waals surface area contributed by atoms with Crippen molar-refractivity contribution in [3.63, 3.8) is 0 Å². The van der Waals surface area contributed by atoms with Gasteiger partial charge in [0.1, 0.15) is 0 Å². The highest BCUT2D eigenvalue weighted by atomic mass is 32.2. The maximum atomic E-state index is 12.9. The molecule has 2 aromatic carbocycles. The Bertz CT molecular complexity index is 1080. The smallest absolute Gasteiger partial charge is 0.261 e. The van der Waals surface area contributed by atoms with Gasteiger partial charge in [-0.3, -0.25) is 14.3 Å². The summed E-state index contributed by atoms with van der Waals surface area (Å²) in [6.07, 6.45) is 5.37. The molecule has 0 spiro atoms. The van der Waals surface area contributed by atoms with Gasteiger partial charge in [0.25, 0.3) is 15.9 Å². The Balaban J connectivity index is 1.32. The van der Waals surface area contributed by atoms with Gasteiger partial charge in [-0.1, -0.05) is 30.5 Å². The molecule has 2 aromatic rings. The van der Waals surface area contributed by atoms with Crippen molar-refractivity contribution in [3.05, 3.63) is 59.7 Å². The Hall–Kier alpha value is -2.87. The van der Waals surface area contributed by atoms with Gasteiger partial charge in [0.2, 0.25) is 5.91 Å². The number of hydrogen-bond acceptors (Lipinski definition) is 4. The first-order valence-electron chi connectivity index (χ1n) is 11.6. The Morgan fingerprint density at radius 3 is 2.06 bits per heavy atom. The van der Waals surface area contributed by atoms with Crippen molar-refractivity contribution in [3.8, 4) is 0 Å². The predicted molar refractivity (Wildman–Crippen MR) is 127 cm³/mol. The van der Waals surface area contributed by atoms with Gasteiger partial charge in [0.05, 0.1) is 4.90 Å². The van der Waals surface area contributed by atoms with Crippen LogP contribution in [-0.4, -0.2) is 56.2 Å². The molecule has 1 N–H and O–H groups in total. The normalized spacial score (nSPS) is 17.2. The van der Waals surface area contributed by atoms with Crippen molar-refractivity contribution >= 4 is 27.5 Å². The molecule has 1 saturated carbocycles. The number of carbonyl (C=O) groups is 2. The predicted octanol–water partition coefficient (Wildman–Crippen LogP) is 3.66. The monoisotopic (exact) mass is 469 g/mol. The minimum Gasteiger partial charge on any atom is -0.339 e. The fourth-order valence-corrected chi connectivity index (χ4v) is 5.60. The van der Waals surface area contributed by atoms with Crippen LogP contribution in [0.4, 0.5) is 5.69 Å². The van der Waals surface area contributed by atoms with Crippen molar-refractivity contribution < 1.29 is 18.0 Å². The number of aryl methyl sites for hydroxylation is 1. The second-order valence-electron chi connectivity index (χ2n) is 9.02. The van der Waals surface area contributed by atoms with E-state index in [0.29, 0.717) is 49.8 Å². The molecular weight excluding hydrogens is 438 g/mol. The molecule has 2 amide bonds. The van der Waals surface area contributed by atoms with Crippen LogP contribution in [0.3, 0.4) is 0 Å². The van der Waals surface area contributed by atoms with E-state index >= 15 is 0 Å². The summed E-state index contributed by atoms with van der Waals surface area (Å²) < 4.78 is 27.9. The number of amides is 2. The van der Waals surface area contributed by atoms with E-state index in [1.807, 2.05) is 24.0 Å². The highest BCUT2D eigenvalue weighted by molar-refractivity contribution is 7.92. The number of piperazine rings is 1. The summed E-state index contributed by atoms with van der Waals surface area (Å²) in [5.41, 5.74) is 1.97. The lowest BCUT2D eigenvalue weighted by Crippen LogP contribution is -2.50. The van der Waals surface area contributed by atoms with Gasteiger partial charge in [-0.15, -0.1) is 0 Å². The zero-order valence-electron chi connectivity index (χ0n) is 19.0. The zero-order chi connectivity index (χ0) is 23.4. The molecule has 0 radical (unpaired) electrons. The fraction of sp³-hybridized carbons (Fsp3) is 0.440. The lowest BCUT2D eigenvalue weighted by atomic mass is 10.0. The average molecular weight is 470 g/mol. The number of hydrogen-bond donors (Lipinski definition) is 1. The third-order valence-corrected chi connectivity index (χ3v) is 7.97. The summed E-state index contributed by atoms with van der Waals surface area (Å²) in [4.78, 5) is 29.1. The third kappa shape index (κ3) is 5.74. The van der Waals surface area contributed by atoms with Crippen LogP contribution in [0.5, 0.6) is 0 Å². The van der Waals surface area contributed by atoms with E-state index in [-0.39, 0.29) is 16.7 Å². The van der Waals surface area contributed by atoms with Crippen molar-refractivity contribution in [1.29, 1.82) is 0 Å². The van der Waals surface area contributed by atoms with Crippen LogP contribution in [0.15, 0.2) is 53.4 Å². The summed E-state index contributed by atoms with van der Waals surface area (Å²) in [5.74, 6) is 0.574. The molecule has 8 heteroatoms. The van der Waals surface area contributed by atoms with E-state index in [1.165, 1.54) is 25.0 Å². The second-order valence-corrected chi connectivity index (χ2v) is 10.7. The van der Waals surface area contributed by atoms with Gasteiger partial charge in [-0.05, 0) is 62.1 Å². The van der Waals surface area contributed by atoms with Crippen LogP contribution in [0.25, 0.3) is 0 Å². The van der Waals surface area contributed by atoms with Crippen molar-refractivity contribution in [2.45, 2.75) is 43.9 Å². The SMILES string of the molecule is Cc1ccc(NS(=O)(=O)c2ccc(C(=O)N3CCN(C(=O)CC4CCCC4)CC3)cc2)cc1. The van der Waals surface area contributed by atoms with Gasteiger partial charge in [0, 0.05) is 43.9 Å². The van der Waals surface area contributed by atoms with Crippen molar-refractivity contribution in [2.24, 2.45) is 5.92 Å². The lowest BCUT2D eigenvalue weighted by molar-refractivity contribution is -0.133. The molecular formula is C25H31N3O4S. The van der Waals surface area contributed by atoms with E-state index in [0.717, 1.165) is 18.4 Å². The maximum absolute atomic E-state index is 12.9. The fourth-order valence-electron chi connectivity index (χ4n) is 4.54. The molecule has 0 aromatic heterocycles. The first-order chi connectivity index (χ1) is 15.8. The maximum Gasteiger partial charge on any atom is 0.261 e. The summed E-state index contributed by atoms with van der Waals surface area (Å²) in [7, 11) is -3.74. The van der Waals surface area contributed by atoms with Crippen LogP contribution in [0, 0.1) is 12.8 Å². The molecule has 0 unspecified atom stereocenters. The summed E-state index contributed by atoms with van der Waals surface area (Å²) >= 11 is 0. The van der Waals surface area contributed by atoms with Gasteiger partial charge in [0.15, 0.2) is 0 Å². The van der Waals surface area contributed by atoms with Gasteiger partial charge in [-0.2, -0.15) is 0 Å². The molecule has 0 bridgehead atoms. The van der Waals surface area contributed by atoms with Crippen LogP contribution in [0.2, 0.25) is 0 Å². The molecule has 176 valence electrons. The van der Waals surface area contributed by atoms with Gasteiger partial charge >= 0.3 is 0 Å². The minimum atomic E-state index is -3.74. The number of rotatable bonds is 6. The van der Waals surface area contributed by atoms with Crippen molar-refractivity contribution in [1.82, 2.24) is 9.80 Å². The summed E-state index contributed by atoms with van der Waals surface area (Å²) in [5, 5.41) is 0. The summed E-state index contributed by atoms with van der Waals surface area (Å²) in [6.45, 7) is 4.01. The minimum absolute atomic E-state index is 0.0990. The zero-order valence-corrected chi connectivity index (χ0v) is 19.8. The molecule has 2 fully saturated rings. The van der Waals surface area contributed by atoms with Gasteiger partial charge < -0.3 is 9.80 Å². The standard InChI is InChI=1S/C25H31N3O4S/c1-19-6-10-22(11-7-19)26-33(31,32)23-12-8-21(9-13-23)25(30)28-16-14-27(15-17-28)24(29)18-20-4-2-3-5-20/h6-13,20,26H,2-5,14-18H2,1H3. The number of anilines is 1. The Morgan fingerprint density at radius 2 is 1.45 bits per heavy atom. The van der Waals surface area contributed by atoms with E-state index in [9.17, 15) is 18.0 Å². The Kier molecular flexibility index (Phi) is 7.02. The van der Waals surface area contributed by atoms with Crippen LogP contribution >= 0.6 is 0 Å². The van der Waals surface area contributed by atoms with Crippen LogP contribution < -0.4 is 4.72 Å². The summed E-state index contributed by atoms with van der Waals surface area (Å²) in [6, 6.07) is 13.1. The van der Waals surface area contributed by atoms with E-state index in [1.54, 1.807) is 29.2 Å². The molecule has 0 atom stereocenters. The first kappa shape index (κ1) is 23.3. The highest BCUT2D eigenvalue weighted by Crippen LogP contribution is 2.28. The van der Waals surface area contributed by atoms with Gasteiger partial charge in [-0.25, -0.2) is 8.42 Å². The molecule has 2 aliphatic rings. The molecule has 33 heavy (non-hydrogen) atoms. The lowest BCUT2D eigenvalue weighted by Gasteiger charge is -2.35. The molecule has 1 saturated heterocycles.